The largest absolute Gasteiger partial charge is 0.347 e. The number of amides is 3. The van der Waals surface area contributed by atoms with Crippen LogP contribution in [0.2, 0.25) is 0 Å². The van der Waals surface area contributed by atoms with Gasteiger partial charge in [0.05, 0.1) is 32.3 Å². The molecule has 232 valence electrons. The lowest BCUT2D eigenvalue weighted by Gasteiger charge is -2.25. The van der Waals surface area contributed by atoms with E-state index in [0.29, 0.717) is 18.8 Å². The maximum Gasteiger partial charge on any atom is 0.299 e. The molecule has 2 fully saturated rings. The van der Waals surface area contributed by atoms with Crippen LogP contribution in [0.1, 0.15) is 45.7 Å². The van der Waals surface area contributed by atoms with Crippen molar-refractivity contribution < 1.29 is 32.6 Å². The minimum atomic E-state index is -3.16. The van der Waals surface area contributed by atoms with Crippen LogP contribution in [0.5, 0.6) is 0 Å². The molecule has 7 rings (SSSR count). The molecule has 0 radical (unpaired) electrons. The first-order valence-electron chi connectivity index (χ1n) is 14.4. The average molecular weight is 651 g/mol. The molecule has 4 heterocycles. The number of hydrogen-bond donors (Lipinski definition) is 2. The van der Waals surface area contributed by atoms with Crippen molar-refractivity contribution in [1.82, 2.24) is 20.5 Å². The third-order valence-corrected chi connectivity index (χ3v) is 10.3. The van der Waals surface area contributed by atoms with Gasteiger partial charge in [0.15, 0.2) is 5.79 Å². The van der Waals surface area contributed by atoms with Crippen molar-refractivity contribution in [3.05, 3.63) is 87.1 Å². The number of fused-ring (bicyclic) bond motifs is 3. The van der Waals surface area contributed by atoms with Gasteiger partial charge in [-0.05, 0) is 36.2 Å². The standard InChI is InChI=1S/C32H28F2N4O5S2/c1-18(26-13-20(16-45-26)30-35-8-11-44-30)37-29(41)25-14-31(42-9-10-43-31)17-38(25)27(39)15-36-28(40)19-6-7-24-22(12-19)21-4-2-3-5-23(21)32(24,33)34/h2-8,11-13,16,18,25H,9-10,14-15,17H2,1H3,(H,36,40)(H,37,41)/t18-,25+/m1/s1. The van der Waals surface area contributed by atoms with Gasteiger partial charge in [0.25, 0.3) is 11.8 Å². The van der Waals surface area contributed by atoms with Crippen molar-refractivity contribution in [2.24, 2.45) is 0 Å². The van der Waals surface area contributed by atoms with E-state index in [1.807, 2.05) is 23.8 Å². The van der Waals surface area contributed by atoms with Gasteiger partial charge in [0.2, 0.25) is 11.8 Å². The number of hydrogen-bond acceptors (Lipinski definition) is 8. The number of thiazole rings is 1. The Morgan fingerprint density at radius 2 is 1.84 bits per heavy atom. The van der Waals surface area contributed by atoms with Gasteiger partial charge in [-0.3, -0.25) is 14.4 Å². The summed E-state index contributed by atoms with van der Waals surface area (Å²) in [7, 11) is 0. The van der Waals surface area contributed by atoms with E-state index in [2.05, 4.69) is 15.6 Å². The lowest BCUT2D eigenvalue weighted by Crippen LogP contribution is -2.49. The molecule has 1 aliphatic carbocycles. The second-order valence-electron chi connectivity index (χ2n) is 11.2. The Balaban J connectivity index is 1.04. The SMILES string of the molecule is C[C@@H](NC(=O)[C@@H]1CC2(CN1C(=O)CNC(=O)c1ccc3c(c1)-c1ccccc1C3(F)F)OCCO2)c1cc(-c2nccs2)cs1. The molecule has 45 heavy (non-hydrogen) atoms. The third kappa shape index (κ3) is 5.33. The molecule has 0 bridgehead atoms. The Bertz CT molecular complexity index is 1790. The molecular formula is C32H28F2N4O5S2. The second-order valence-corrected chi connectivity index (χ2v) is 13.1. The Kier molecular flexibility index (Phi) is 7.51. The first kappa shape index (κ1) is 29.7. The Labute approximate surface area is 265 Å². The molecular weight excluding hydrogens is 623 g/mol. The number of thiophene rings is 1. The van der Waals surface area contributed by atoms with E-state index in [-0.39, 0.29) is 47.2 Å². The van der Waals surface area contributed by atoms with Gasteiger partial charge >= 0.3 is 0 Å². The van der Waals surface area contributed by atoms with Crippen LogP contribution in [0.15, 0.2) is 65.5 Å². The number of alkyl halides is 2. The molecule has 2 atom stereocenters. The van der Waals surface area contributed by atoms with Crippen LogP contribution in [0.3, 0.4) is 0 Å². The van der Waals surface area contributed by atoms with E-state index in [1.165, 1.54) is 51.8 Å². The molecule has 3 aliphatic rings. The van der Waals surface area contributed by atoms with E-state index in [1.54, 1.807) is 24.4 Å². The fraction of sp³-hybridized carbons (Fsp3) is 0.312. The maximum absolute atomic E-state index is 14.9. The highest BCUT2D eigenvalue weighted by atomic mass is 32.1. The van der Waals surface area contributed by atoms with Crippen molar-refractivity contribution in [3.63, 3.8) is 0 Å². The highest BCUT2D eigenvalue weighted by molar-refractivity contribution is 7.14. The molecule has 2 aliphatic heterocycles. The van der Waals surface area contributed by atoms with E-state index < -0.39 is 36.1 Å². The zero-order chi connectivity index (χ0) is 31.3. The fourth-order valence-electron chi connectivity index (χ4n) is 6.16. The van der Waals surface area contributed by atoms with Crippen molar-refractivity contribution in [2.75, 3.05) is 26.3 Å². The minimum Gasteiger partial charge on any atom is -0.347 e. The molecule has 9 nitrogen and oxygen atoms in total. The van der Waals surface area contributed by atoms with Gasteiger partial charge < -0.3 is 25.0 Å². The number of likely N-dealkylation sites (tertiary alicyclic amines) is 1. The normalized spacial score (nSPS) is 19.7. The maximum atomic E-state index is 14.9. The van der Waals surface area contributed by atoms with Crippen molar-refractivity contribution in [3.8, 4) is 21.7 Å². The lowest BCUT2D eigenvalue weighted by molar-refractivity contribution is -0.152. The van der Waals surface area contributed by atoms with Gasteiger partial charge in [0, 0.05) is 50.5 Å². The Morgan fingerprint density at radius 3 is 2.62 bits per heavy atom. The van der Waals surface area contributed by atoms with Crippen LogP contribution in [-0.2, 0) is 25.0 Å². The first-order chi connectivity index (χ1) is 21.6. The summed E-state index contributed by atoms with van der Waals surface area (Å²) < 4.78 is 41.6. The first-order valence-corrected chi connectivity index (χ1v) is 16.2. The summed E-state index contributed by atoms with van der Waals surface area (Å²) in [6.45, 7) is 2.20. The van der Waals surface area contributed by atoms with Crippen LogP contribution in [0.4, 0.5) is 8.78 Å². The molecule has 2 saturated heterocycles. The van der Waals surface area contributed by atoms with Crippen molar-refractivity contribution in [1.29, 1.82) is 0 Å². The molecule has 0 unspecified atom stereocenters. The van der Waals surface area contributed by atoms with Crippen LogP contribution in [0.25, 0.3) is 21.7 Å². The van der Waals surface area contributed by atoms with Crippen LogP contribution >= 0.6 is 22.7 Å². The van der Waals surface area contributed by atoms with Gasteiger partial charge in [-0.2, -0.15) is 8.78 Å². The monoisotopic (exact) mass is 650 g/mol. The number of aromatic nitrogens is 1. The van der Waals surface area contributed by atoms with Gasteiger partial charge in [-0.15, -0.1) is 22.7 Å². The summed E-state index contributed by atoms with van der Waals surface area (Å²) >= 11 is 3.05. The predicted molar refractivity (Wildman–Crippen MR) is 164 cm³/mol. The molecule has 2 aromatic heterocycles. The van der Waals surface area contributed by atoms with E-state index in [0.717, 1.165) is 15.4 Å². The van der Waals surface area contributed by atoms with Crippen LogP contribution in [0, 0.1) is 0 Å². The van der Waals surface area contributed by atoms with Crippen LogP contribution < -0.4 is 10.6 Å². The quantitative estimate of drug-likeness (QED) is 0.293. The number of carbonyl (C=O) groups excluding carboxylic acids is 3. The summed E-state index contributed by atoms with van der Waals surface area (Å²) in [6, 6.07) is 11.0. The van der Waals surface area contributed by atoms with Crippen molar-refractivity contribution in [2.45, 2.75) is 37.1 Å². The smallest absolute Gasteiger partial charge is 0.299 e. The number of halogens is 2. The van der Waals surface area contributed by atoms with E-state index in [4.69, 9.17) is 9.47 Å². The lowest BCUT2D eigenvalue weighted by atomic mass is 10.0. The van der Waals surface area contributed by atoms with Crippen LogP contribution in [-0.4, -0.2) is 65.7 Å². The predicted octanol–water partition coefficient (Wildman–Crippen LogP) is 4.94. The molecule has 4 aromatic rings. The highest BCUT2D eigenvalue weighted by Crippen LogP contribution is 2.51. The third-order valence-electron chi connectivity index (χ3n) is 8.39. The zero-order valence-electron chi connectivity index (χ0n) is 24.0. The zero-order valence-corrected chi connectivity index (χ0v) is 25.7. The molecule has 2 aromatic carbocycles. The number of nitrogens with zero attached hydrogens (tertiary/aromatic N) is 2. The summed E-state index contributed by atoms with van der Waals surface area (Å²) in [5.74, 6) is -5.70. The van der Waals surface area contributed by atoms with E-state index in [9.17, 15) is 23.2 Å². The second kappa shape index (κ2) is 11.4. The van der Waals surface area contributed by atoms with Gasteiger partial charge in [-0.25, -0.2) is 4.98 Å². The van der Waals surface area contributed by atoms with Gasteiger partial charge in [-0.1, -0.05) is 30.3 Å². The summed E-state index contributed by atoms with van der Waals surface area (Å²) in [4.78, 5) is 46.8. The summed E-state index contributed by atoms with van der Waals surface area (Å²) in [5, 5.41) is 10.4. The van der Waals surface area contributed by atoms with Gasteiger partial charge in [0.1, 0.15) is 11.0 Å². The Morgan fingerprint density at radius 1 is 1.07 bits per heavy atom. The van der Waals surface area contributed by atoms with E-state index >= 15 is 0 Å². The topological polar surface area (TPSA) is 110 Å². The fourth-order valence-corrected chi connectivity index (χ4v) is 7.76. The van der Waals surface area contributed by atoms with Crippen molar-refractivity contribution >= 4 is 40.4 Å². The number of carbonyl (C=O) groups is 3. The molecule has 1 spiro atoms. The Hall–Kier alpha value is -4.04. The minimum absolute atomic E-state index is 0.0338. The molecule has 3 amide bonds. The summed E-state index contributed by atoms with van der Waals surface area (Å²) in [5.41, 5.74) is 1.50. The number of benzene rings is 2. The number of ether oxygens (including phenoxy) is 2. The highest BCUT2D eigenvalue weighted by Gasteiger charge is 2.52. The molecule has 0 saturated carbocycles. The molecule has 2 N–H and O–H groups in total. The molecule has 13 heteroatoms. The number of nitrogens with one attached hydrogen (secondary N) is 2. The number of rotatable bonds is 7. The summed E-state index contributed by atoms with van der Waals surface area (Å²) in [6.07, 6.45) is 1.89. The average Bonchev–Trinajstić information content (AvgIpc) is 3.88.